The van der Waals surface area contributed by atoms with Gasteiger partial charge in [0.25, 0.3) is 0 Å². The van der Waals surface area contributed by atoms with Crippen LogP contribution in [0.1, 0.15) is 6.92 Å². The van der Waals surface area contributed by atoms with E-state index in [0.29, 0.717) is 6.92 Å². The predicted octanol–water partition coefficient (Wildman–Crippen LogP) is 3.01. The van der Waals surface area contributed by atoms with E-state index in [1.165, 1.54) is 22.6 Å². The van der Waals surface area contributed by atoms with Gasteiger partial charge in [-0.2, -0.15) is 26.3 Å². The molecule has 10 heteroatoms. The molecule has 1 amide bonds. The van der Waals surface area contributed by atoms with Crippen LogP contribution in [-0.2, 0) is 4.79 Å². The molecular formula is C9H9F7INO. The van der Waals surface area contributed by atoms with Crippen LogP contribution >= 0.6 is 22.6 Å². The maximum atomic E-state index is 14.1. The fraction of sp³-hybridized carbons (Fsp3) is 0.889. The normalized spacial score (nSPS) is 29.5. The van der Waals surface area contributed by atoms with Gasteiger partial charge in [0.05, 0.1) is 0 Å². The SMILES string of the molecule is C[C@@]1(C(F)(C(F)(F)F)C(F)(F)F)C(=O)NC[C@@H]1CI. The third-order valence-electron chi connectivity index (χ3n) is 3.48. The van der Waals surface area contributed by atoms with Crippen LogP contribution in [-0.4, -0.2) is 34.9 Å². The van der Waals surface area contributed by atoms with Crippen LogP contribution in [0.15, 0.2) is 0 Å². The Morgan fingerprint density at radius 2 is 1.63 bits per heavy atom. The van der Waals surface area contributed by atoms with Gasteiger partial charge in [0, 0.05) is 16.9 Å². The molecule has 1 rings (SSSR count). The summed E-state index contributed by atoms with van der Waals surface area (Å²) >= 11 is 1.53. The second kappa shape index (κ2) is 4.62. The van der Waals surface area contributed by atoms with Crippen molar-refractivity contribution in [2.24, 2.45) is 11.3 Å². The minimum absolute atomic E-state index is 0.217. The summed E-state index contributed by atoms with van der Waals surface area (Å²) in [4.78, 5) is 11.5. The second-order valence-electron chi connectivity index (χ2n) is 4.42. The van der Waals surface area contributed by atoms with Crippen LogP contribution in [0.25, 0.3) is 0 Å². The molecule has 112 valence electrons. The summed E-state index contributed by atoms with van der Waals surface area (Å²) in [5.41, 5.74) is -8.81. The molecule has 1 heterocycles. The van der Waals surface area contributed by atoms with Crippen molar-refractivity contribution >= 4 is 28.5 Å². The van der Waals surface area contributed by atoms with E-state index < -0.39 is 41.8 Å². The standard InChI is InChI=1S/C9H9F7INO/c1-6(4(2-17)3-18-5(6)19)7(10,8(11,12)13)9(14,15)16/h4H,2-3H2,1H3,(H,18,19)/t4-,6-/m0/s1. The van der Waals surface area contributed by atoms with Crippen LogP contribution in [0.2, 0.25) is 0 Å². The molecule has 1 aliphatic rings. The van der Waals surface area contributed by atoms with E-state index in [9.17, 15) is 35.5 Å². The smallest absolute Gasteiger partial charge is 0.355 e. The summed E-state index contributed by atoms with van der Waals surface area (Å²) in [5, 5.41) is 1.88. The van der Waals surface area contributed by atoms with E-state index in [0.717, 1.165) is 0 Å². The number of alkyl halides is 8. The van der Waals surface area contributed by atoms with Gasteiger partial charge < -0.3 is 5.32 Å². The van der Waals surface area contributed by atoms with Gasteiger partial charge in [-0.15, -0.1) is 0 Å². The molecule has 1 fully saturated rings. The average molecular weight is 407 g/mol. The quantitative estimate of drug-likeness (QED) is 0.426. The number of halogens is 8. The number of hydrogen-bond acceptors (Lipinski definition) is 1. The lowest BCUT2D eigenvalue weighted by Crippen LogP contribution is -2.67. The first-order valence-electron chi connectivity index (χ1n) is 5.00. The summed E-state index contributed by atoms with van der Waals surface area (Å²) in [5.74, 6) is -2.99. The van der Waals surface area contributed by atoms with E-state index in [-0.39, 0.29) is 4.43 Å². The summed E-state index contributed by atoms with van der Waals surface area (Å²) in [6.07, 6.45) is -12.5. The van der Waals surface area contributed by atoms with E-state index >= 15 is 0 Å². The number of carbonyl (C=O) groups is 1. The van der Waals surface area contributed by atoms with Gasteiger partial charge in [-0.25, -0.2) is 4.39 Å². The lowest BCUT2D eigenvalue weighted by Gasteiger charge is -2.42. The summed E-state index contributed by atoms with van der Waals surface area (Å²) < 4.78 is 90.1. The molecule has 19 heavy (non-hydrogen) atoms. The molecule has 0 aliphatic carbocycles. The van der Waals surface area contributed by atoms with Crippen LogP contribution in [0, 0.1) is 11.3 Å². The molecule has 0 aromatic heterocycles. The zero-order chi connectivity index (χ0) is 15.3. The van der Waals surface area contributed by atoms with E-state index in [2.05, 4.69) is 0 Å². The van der Waals surface area contributed by atoms with Gasteiger partial charge in [0.1, 0.15) is 5.41 Å². The molecule has 0 aromatic rings. The third-order valence-corrected chi connectivity index (χ3v) is 4.54. The van der Waals surface area contributed by atoms with Crippen molar-refractivity contribution in [1.29, 1.82) is 0 Å². The molecule has 1 N–H and O–H groups in total. The molecule has 1 aliphatic heterocycles. The fourth-order valence-electron chi connectivity index (χ4n) is 2.19. The highest BCUT2D eigenvalue weighted by molar-refractivity contribution is 14.1. The molecule has 0 aromatic carbocycles. The number of carbonyl (C=O) groups excluding carboxylic acids is 1. The predicted molar refractivity (Wildman–Crippen MR) is 59.4 cm³/mol. The molecular weight excluding hydrogens is 398 g/mol. The van der Waals surface area contributed by atoms with Crippen LogP contribution < -0.4 is 5.32 Å². The number of nitrogens with one attached hydrogen (secondary N) is 1. The molecule has 1 saturated heterocycles. The maximum absolute atomic E-state index is 14.1. The van der Waals surface area contributed by atoms with Crippen molar-refractivity contribution in [3.05, 3.63) is 0 Å². The van der Waals surface area contributed by atoms with Gasteiger partial charge in [0.15, 0.2) is 0 Å². The zero-order valence-corrected chi connectivity index (χ0v) is 11.6. The fourth-order valence-corrected chi connectivity index (χ4v) is 3.38. The van der Waals surface area contributed by atoms with Gasteiger partial charge >= 0.3 is 18.0 Å². The van der Waals surface area contributed by atoms with E-state index in [1.54, 1.807) is 0 Å². The van der Waals surface area contributed by atoms with Gasteiger partial charge in [0.2, 0.25) is 5.91 Å². The highest BCUT2D eigenvalue weighted by atomic mass is 127. The summed E-state index contributed by atoms with van der Waals surface area (Å²) in [6, 6.07) is 0. The van der Waals surface area contributed by atoms with E-state index in [1.807, 2.05) is 5.32 Å². The highest BCUT2D eigenvalue weighted by Gasteiger charge is 2.84. The highest BCUT2D eigenvalue weighted by Crippen LogP contribution is 2.60. The zero-order valence-electron chi connectivity index (χ0n) is 9.42. The first-order valence-corrected chi connectivity index (χ1v) is 6.53. The third kappa shape index (κ3) is 2.09. The van der Waals surface area contributed by atoms with Crippen molar-refractivity contribution in [2.75, 3.05) is 11.0 Å². The number of hydrogen-bond donors (Lipinski definition) is 1. The average Bonchev–Trinajstić information content (AvgIpc) is 2.52. The summed E-state index contributed by atoms with van der Waals surface area (Å²) in [6.45, 7) is -0.0459. The van der Waals surface area contributed by atoms with Crippen molar-refractivity contribution in [3.63, 3.8) is 0 Å². The lowest BCUT2D eigenvalue weighted by atomic mass is 9.67. The Kier molecular flexibility index (Phi) is 4.08. The Labute approximate surface area is 117 Å². The Bertz CT molecular complexity index is 366. The Morgan fingerprint density at radius 1 is 1.21 bits per heavy atom. The van der Waals surface area contributed by atoms with Crippen LogP contribution in [0.4, 0.5) is 30.7 Å². The molecule has 0 saturated carbocycles. The van der Waals surface area contributed by atoms with Gasteiger partial charge in [-0.05, 0) is 6.92 Å². The van der Waals surface area contributed by atoms with Gasteiger partial charge in [-0.1, -0.05) is 22.6 Å². The number of rotatable bonds is 2. The maximum Gasteiger partial charge on any atom is 0.432 e. The molecule has 0 spiro atoms. The molecule has 2 atom stereocenters. The first-order chi connectivity index (χ1) is 8.34. The van der Waals surface area contributed by atoms with Crippen molar-refractivity contribution in [3.8, 4) is 0 Å². The largest absolute Gasteiger partial charge is 0.432 e. The minimum Gasteiger partial charge on any atom is -0.355 e. The first kappa shape index (κ1) is 16.8. The minimum atomic E-state index is -6.23. The Hall–Kier alpha value is -0.290. The molecule has 2 nitrogen and oxygen atoms in total. The Balaban J connectivity index is 3.53. The van der Waals surface area contributed by atoms with Crippen molar-refractivity contribution < 1.29 is 35.5 Å². The van der Waals surface area contributed by atoms with Crippen molar-refractivity contribution in [2.45, 2.75) is 24.9 Å². The van der Waals surface area contributed by atoms with Crippen LogP contribution in [0.3, 0.4) is 0 Å². The summed E-state index contributed by atoms with van der Waals surface area (Å²) in [7, 11) is 0. The van der Waals surface area contributed by atoms with Crippen molar-refractivity contribution in [1.82, 2.24) is 5.32 Å². The second-order valence-corrected chi connectivity index (χ2v) is 5.30. The number of amides is 1. The lowest BCUT2D eigenvalue weighted by molar-refractivity contribution is -0.371. The molecule has 0 radical (unpaired) electrons. The Morgan fingerprint density at radius 3 is 1.95 bits per heavy atom. The topological polar surface area (TPSA) is 29.1 Å². The molecule has 0 bridgehead atoms. The molecule has 0 unspecified atom stereocenters. The monoisotopic (exact) mass is 407 g/mol. The van der Waals surface area contributed by atoms with Crippen LogP contribution in [0.5, 0.6) is 0 Å². The van der Waals surface area contributed by atoms with E-state index in [4.69, 9.17) is 0 Å². The van der Waals surface area contributed by atoms with Gasteiger partial charge in [-0.3, -0.25) is 4.79 Å².